The summed E-state index contributed by atoms with van der Waals surface area (Å²) in [5, 5.41) is 6.62. The van der Waals surface area contributed by atoms with E-state index in [1.807, 2.05) is 24.1 Å². The number of nitrogens with zero attached hydrogens (tertiary/aromatic N) is 1. The molecule has 1 aromatic carbocycles. The lowest BCUT2D eigenvalue weighted by Crippen LogP contribution is -2.37. The molecule has 0 amide bonds. The van der Waals surface area contributed by atoms with Gasteiger partial charge in [0.2, 0.25) is 0 Å². The Morgan fingerprint density at radius 1 is 1.13 bits per heavy atom. The molecule has 0 saturated heterocycles. The summed E-state index contributed by atoms with van der Waals surface area (Å²) in [7, 11) is 0. The van der Waals surface area contributed by atoms with E-state index < -0.39 is 0 Å². The van der Waals surface area contributed by atoms with E-state index in [0.29, 0.717) is 6.54 Å². The van der Waals surface area contributed by atoms with Gasteiger partial charge in [-0.1, -0.05) is 6.07 Å². The van der Waals surface area contributed by atoms with Crippen molar-refractivity contribution < 1.29 is 4.39 Å². The lowest BCUT2D eigenvalue weighted by Gasteiger charge is -2.12. The first-order chi connectivity index (χ1) is 11.2. The fourth-order valence-electron chi connectivity index (χ4n) is 2.12. The van der Waals surface area contributed by atoms with Crippen molar-refractivity contribution >= 4 is 29.5 Å². The van der Waals surface area contributed by atoms with Crippen LogP contribution in [-0.4, -0.2) is 37.3 Å². The van der Waals surface area contributed by atoms with E-state index in [2.05, 4.69) is 28.8 Å². The van der Waals surface area contributed by atoms with Gasteiger partial charge in [0.1, 0.15) is 5.82 Å². The Bertz CT molecular complexity index is 481. The van der Waals surface area contributed by atoms with Crippen molar-refractivity contribution in [1.82, 2.24) is 10.6 Å². The van der Waals surface area contributed by atoms with Crippen LogP contribution in [0.2, 0.25) is 0 Å². The summed E-state index contributed by atoms with van der Waals surface area (Å²) in [6.07, 6.45) is 6.51. The van der Waals surface area contributed by atoms with Crippen LogP contribution in [0.15, 0.2) is 23.2 Å². The van der Waals surface area contributed by atoms with Gasteiger partial charge in [0.25, 0.3) is 0 Å². The van der Waals surface area contributed by atoms with Crippen LogP contribution in [-0.2, 0) is 12.3 Å². The highest BCUT2D eigenvalue weighted by molar-refractivity contribution is 7.98. The largest absolute Gasteiger partial charge is 0.357 e. The van der Waals surface area contributed by atoms with Crippen LogP contribution in [0.4, 0.5) is 4.39 Å². The number of rotatable bonds is 10. The van der Waals surface area contributed by atoms with Crippen LogP contribution < -0.4 is 10.6 Å². The maximum absolute atomic E-state index is 13.4. The van der Waals surface area contributed by atoms with Crippen molar-refractivity contribution in [3.8, 4) is 0 Å². The molecule has 0 unspecified atom stereocenters. The first-order valence-corrected chi connectivity index (χ1v) is 10.8. The van der Waals surface area contributed by atoms with Crippen LogP contribution in [0.1, 0.15) is 30.9 Å². The van der Waals surface area contributed by atoms with E-state index in [9.17, 15) is 4.39 Å². The predicted octanol–water partition coefficient (Wildman–Crippen LogP) is 3.89. The second kappa shape index (κ2) is 12.5. The van der Waals surface area contributed by atoms with Gasteiger partial charge >= 0.3 is 0 Å². The first kappa shape index (κ1) is 20.2. The van der Waals surface area contributed by atoms with Crippen LogP contribution in [0.3, 0.4) is 0 Å². The summed E-state index contributed by atoms with van der Waals surface area (Å²) >= 11 is 3.57. The zero-order valence-electron chi connectivity index (χ0n) is 14.3. The minimum absolute atomic E-state index is 0.180. The Labute approximate surface area is 148 Å². The summed E-state index contributed by atoms with van der Waals surface area (Å²) in [5.74, 6) is 2.65. The fraction of sp³-hybridized carbons (Fsp3) is 0.588. The van der Waals surface area contributed by atoms with Crippen molar-refractivity contribution in [3.63, 3.8) is 0 Å². The summed E-state index contributed by atoms with van der Waals surface area (Å²) in [4.78, 5) is 4.63. The third kappa shape index (κ3) is 8.51. The van der Waals surface area contributed by atoms with Gasteiger partial charge in [-0.15, -0.1) is 0 Å². The number of hydrogen-bond donors (Lipinski definition) is 2. The second-order valence-electron chi connectivity index (χ2n) is 5.17. The zero-order chi connectivity index (χ0) is 16.9. The molecule has 23 heavy (non-hydrogen) atoms. The molecule has 0 aromatic heterocycles. The molecule has 0 aliphatic carbocycles. The molecule has 0 bridgehead atoms. The molecule has 0 atom stereocenters. The molecule has 0 saturated carbocycles. The Morgan fingerprint density at radius 3 is 2.65 bits per heavy atom. The number of aliphatic imine (C=N–C) groups is 1. The molecule has 0 aliphatic rings. The molecule has 130 valence electrons. The lowest BCUT2D eigenvalue weighted by molar-refractivity contribution is 0.625. The monoisotopic (exact) mass is 357 g/mol. The first-order valence-electron chi connectivity index (χ1n) is 7.98. The van der Waals surface area contributed by atoms with Gasteiger partial charge in [0, 0.05) is 18.8 Å². The molecular weight excluding hydrogens is 329 g/mol. The van der Waals surface area contributed by atoms with Crippen molar-refractivity contribution in [2.45, 2.75) is 32.1 Å². The molecule has 1 aromatic rings. The predicted molar refractivity (Wildman–Crippen MR) is 104 cm³/mol. The number of nitrogens with one attached hydrogen (secondary N) is 2. The minimum atomic E-state index is -0.180. The van der Waals surface area contributed by atoms with E-state index >= 15 is 0 Å². The molecule has 0 aliphatic heterocycles. The van der Waals surface area contributed by atoms with Gasteiger partial charge in [-0.2, -0.15) is 23.5 Å². The van der Waals surface area contributed by atoms with Gasteiger partial charge in [-0.25, -0.2) is 9.38 Å². The summed E-state index contributed by atoms with van der Waals surface area (Å²) < 4.78 is 13.4. The maximum atomic E-state index is 13.4. The topological polar surface area (TPSA) is 36.4 Å². The normalized spacial score (nSPS) is 11.6. The Balaban J connectivity index is 2.62. The Kier molecular flexibility index (Phi) is 11.0. The van der Waals surface area contributed by atoms with Gasteiger partial charge < -0.3 is 10.6 Å². The minimum Gasteiger partial charge on any atom is -0.357 e. The third-order valence-corrected chi connectivity index (χ3v) is 4.58. The molecule has 3 nitrogen and oxygen atoms in total. The summed E-state index contributed by atoms with van der Waals surface area (Å²) in [5.41, 5.74) is 2.11. The molecule has 1 rings (SSSR count). The standard InChI is InChI=1S/C17H28FN3S2/c1-4-19-17(20-9-5-6-10-22-2)21-12-14-7-8-16(18)11-15(14)13-23-3/h7-8,11H,4-6,9-10,12-13H2,1-3H3,(H2,19,20,21). The average Bonchev–Trinajstić information content (AvgIpc) is 2.54. The van der Waals surface area contributed by atoms with E-state index in [0.717, 1.165) is 42.3 Å². The molecular formula is C17H28FN3S2. The van der Waals surface area contributed by atoms with Crippen molar-refractivity contribution in [1.29, 1.82) is 0 Å². The highest BCUT2D eigenvalue weighted by Crippen LogP contribution is 2.17. The van der Waals surface area contributed by atoms with Gasteiger partial charge in [-0.05, 0) is 61.3 Å². The van der Waals surface area contributed by atoms with Gasteiger partial charge in [0.05, 0.1) is 6.54 Å². The number of guanidine groups is 1. The van der Waals surface area contributed by atoms with Crippen LogP contribution in [0.5, 0.6) is 0 Å². The Morgan fingerprint density at radius 2 is 1.96 bits per heavy atom. The van der Waals surface area contributed by atoms with E-state index in [4.69, 9.17) is 0 Å². The van der Waals surface area contributed by atoms with Crippen LogP contribution in [0.25, 0.3) is 0 Å². The molecule has 0 fully saturated rings. The molecule has 0 spiro atoms. The molecule has 0 radical (unpaired) electrons. The SMILES string of the molecule is CCNC(=NCc1ccc(F)cc1CSC)NCCCCSC. The summed E-state index contributed by atoms with van der Waals surface area (Å²) in [6.45, 7) is 4.38. The number of unbranched alkanes of at least 4 members (excludes halogenated alkanes) is 1. The average molecular weight is 358 g/mol. The van der Waals surface area contributed by atoms with E-state index in [1.54, 1.807) is 17.8 Å². The van der Waals surface area contributed by atoms with Gasteiger partial charge in [-0.3, -0.25) is 0 Å². The fourth-order valence-corrected chi connectivity index (χ4v) is 3.20. The molecule has 6 heteroatoms. The van der Waals surface area contributed by atoms with Crippen LogP contribution in [0, 0.1) is 5.82 Å². The lowest BCUT2D eigenvalue weighted by atomic mass is 10.1. The van der Waals surface area contributed by atoms with E-state index in [1.165, 1.54) is 18.2 Å². The third-order valence-electron chi connectivity index (χ3n) is 3.29. The summed E-state index contributed by atoms with van der Waals surface area (Å²) in [6, 6.07) is 4.97. The zero-order valence-corrected chi connectivity index (χ0v) is 16.0. The van der Waals surface area contributed by atoms with Crippen molar-refractivity contribution in [3.05, 3.63) is 35.1 Å². The number of halogens is 1. The molecule has 0 heterocycles. The number of benzene rings is 1. The van der Waals surface area contributed by atoms with Crippen molar-refractivity contribution in [2.75, 3.05) is 31.4 Å². The number of thioether (sulfide) groups is 2. The smallest absolute Gasteiger partial charge is 0.191 e. The highest BCUT2D eigenvalue weighted by atomic mass is 32.2. The maximum Gasteiger partial charge on any atom is 0.191 e. The van der Waals surface area contributed by atoms with Gasteiger partial charge in [0.15, 0.2) is 5.96 Å². The highest BCUT2D eigenvalue weighted by Gasteiger charge is 2.04. The van der Waals surface area contributed by atoms with E-state index in [-0.39, 0.29) is 5.82 Å². The van der Waals surface area contributed by atoms with Crippen molar-refractivity contribution in [2.24, 2.45) is 4.99 Å². The quantitative estimate of drug-likeness (QED) is 0.378. The Hall–Kier alpha value is -0.880. The number of hydrogen-bond acceptors (Lipinski definition) is 3. The molecule has 2 N–H and O–H groups in total. The second-order valence-corrected chi connectivity index (χ2v) is 7.02. The van der Waals surface area contributed by atoms with Crippen LogP contribution >= 0.6 is 23.5 Å².